The fraction of sp³-hybridized carbons (Fsp3) is 0.567. The number of likely N-dealkylation sites (tertiary alicyclic amines) is 1. The van der Waals surface area contributed by atoms with Gasteiger partial charge in [0, 0.05) is 12.2 Å². The minimum atomic E-state index is -1.35. The van der Waals surface area contributed by atoms with Crippen molar-refractivity contribution in [1.29, 1.82) is 0 Å². The first-order valence-corrected chi connectivity index (χ1v) is 13.8. The van der Waals surface area contributed by atoms with Gasteiger partial charge in [-0.3, -0.25) is 14.4 Å². The van der Waals surface area contributed by atoms with Crippen LogP contribution in [0.15, 0.2) is 42.5 Å². The molecule has 1 N–H and O–H groups in total. The quantitative estimate of drug-likeness (QED) is 0.472. The Morgan fingerprint density at radius 1 is 1.13 bits per heavy atom. The molecule has 2 saturated heterocycles. The highest BCUT2D eigenvalue weighted by Gasteiger charge is 2.72. The maximum atomic E-state index is 14.6. The van der Waals surface area contributed by atoms with E-state index >= 15 is 0 Å². The maximum absolute atomic E-state index is 14.6. The van der Waals surface area contributed by atoms with Gasteiger partial charge in [-0.2, -0.15) is 0 Å². The number of cyclic esters (lactones) is 1. The van der Waals surface area contributed by atoms with E-state index in [2.05, 4.69) is 0 Å². The molecule has 1 aromatic carbocycles. The Morgan fingerprint density at radius 3 is 2.55 bits per heavy atom. The summed E-state index contributed by atoms with van der Waals surface area (Å²) in [7, 11) is 0. The van der Waals surface area contributed by atoms with Crippen LogP contribution < -0.4 is 4.90 Å². The number of fused-ring (bicyclic) bond motifs is 2. The molecule has 4 aliphatic heterocycles. The predicted molar refractivity (Wildman–Crippen MR) is 142 cm³/mol. The summed E-state index contributed by atoms with van der Waals surface area (Å²) >= 11 is 0. The Kier molecular flexibility index (Phi) is 7.22. The number of hydrogen-bond acceptors (Lipinski definition) is 6. The minimum absolute atomic E-state index is 0.0725. The van der Waals surface area contributed by atoms with Crippen LogP contribution in [0.1, 0.15) is 44.2 Å². The number of nitrogens with zero attached hydrogens (tertiary/aromatic N) is 2. The molecule has 4 heterocycles. The largest absolute Gasteiger partial charge is 0.465 e. The van der Waals surface area contributed by atoms with Gasteiger partial charge in [-0.1, -0.05) is 62.8 Å². The fourth-order valence-electron chi connectivity index (χ4n) is 6.80. The van der Waals surface area contributed by atoms with Gasteiger partial charge >= 0.3 is 5.97 Å². The van der Waals surface area contributed by atoms with Crippen LogP contribution in [-0.2, 0) is 23.9 Å². The number of hydrogen-bond donors (Lipinski definition) is 1. The van der Waals surface area contributed by atoms with Crippen molar-refractivity contribution >= 4 is 23.5 Å². The fourth-order valence-corrected chi connectivity index (χ4v) is 6.80. The minimum Gasteiger partial charge on any atom is -0.465 e. The van der Waals surface area contributed by atoms with Crippen molar-refractivity contribution in [3.8, 4) is 0 Å². The zero-order valence-electron chi connectivity index (χ0n) is 22.6. The summed E-state index contributed by atoms with van der Waals surface area (Å²) in [5.41, 5.74) is 1.36. The summed E-state index contributed by atoms with van der Waals surface area (Å²) in [6.45, 7) is 8.18. The van der Waals surface area contributed by atoms with Crippen LogP contribution in [0, 0.1) is 31.6 Å². The van der Waals surface area contributed by atoms with Crippen molar-refractivity contribution in [3.05, 3.63) is 53.6 Å². The molecular weight excluding hydrogens is 484 g/mol. The number of rotatable bonds is 5. The maximum Gasteiger partial charge on any atom is 0.312 e. The zero-order chi connectivity index (χ0) is 27.2. The molecule has 8 heteroatoms. The van der Waals surface area contributed by atoms with E-state index in [0.717, 1.165) is 23.2 Å². The van der Waals surface area contributed by atoms with Crippen LogP contribution in [-0.4, -0.2) is 71.3 Å². The number of allylic oxidation sites excluding steroid dienone is 1. The molecule has 0 aromatic heterocycles. The lowest BCUT2D eigenvalue weighted by Crippen LogP contribution is -2.59. The smallest absolute Gasteiger partial charge is 0.312 e. The summed E-state index contributed by atoms with van der Waals surface area (Å²) in [5, 5.41) is 10.5. The van der Waals surface area contributed by atoms with Gasteiger partial charge in [0.05, 0.1) is 31.3 Å². The Bertz CT molecular complexity index is 1160. The van der Waals surface area contributed by atoms with E-state index in [1.165, 1.54) is 4.90 Å². The standard InChI is InChI=1S/C30H38N2O6/c1-5-18(2)21(17-33)32-26-28(35)31(25-19(3)11-9-12-20(25)4)15-10-14-30(26)24(27(32)34)23-22(38-30)13-7-6-8-16-37-29(23)36/h7,9-14,18,21-24,26,33H,5-6,8,15-17H2,1-4H3/b13-7-/t18-,21-,22-,23+,24-,26?,30-/m0/s1. The topological polar surface area (TPSA) is 96.4 Å². The first kappa shape index (κ1) is 26.6. The first-order chi connectivity index (χ1) is 18.3. The van der Waals surface area contributed by atoms with Gasteiger partial charge in [0.2, 0.25) is 5.91 Å². The molecule has 38 heavy (non-hydrogen) atoms. The molecule has 8 nitrogen and oxygen atoms in total. The van der Waals surface area contributed by atoms with Crippen LogP contribution in [0.3, 0.4) is 0 Å². The zero-order valence-corrected chi connectivity index (χ0v) is 22.6. The normalized spacial score (nSPS) is 33.3. The second kappa shape index (κ2) is 10.3. The van der Waals surface area contributed by atoms with Crippen molar-refractivity contribution in [3.63, 3.8) is 0 Å². The van der Waals surface area contributed by atoms with Crippen molar-refractivity contribution in [2.24, 2.45) is 17.8 Å². The van der Waals surface area contributed by atoms with E-state index in [-0.39, 0.29) is 30.9 Å². The van der Waals surface area contributed by atoms with E-state index in [0.29, 0.717) is 19.4 Å². The second-order valence-corrected chi connectivity index (χ2v) is 11.1. The number of para-hydroxylation sites is 1. The van der Waals surface area contributed by atoms with E-state index in [1.807, 2.05) is 70.2 Å². The molecule has 1 unspecified atom stereocenters. The number of aliphatic hydroxyl groups excluding tert-OH is 1. The molecule has 0 radical (unpaired) electrons. The van der Waals surface area contributed by atoms with Crippen LogP contribution in [0.25, 0.3) is 0 Å². The number of benzene rings is 1. The molecule has 1 spiro atoms. The molecule has 0 bridgehead atoms. The second-order valence-electron chi connectivity index (χ2n) is 11.1. The molecular formula is C30H38N2O6. The Hall–Kier alpha value is -2.97. The Labute approximate surface area is 224 Å². The van der Waals surface area contributed by atoms with Crippen molar-refractivity contribution < 1.29 is 29.0 Å². The molecule has 5 rings (SSSR count). The van der Waals surface area contributed by atoms with Crippen LogP contribution >= 0.6 is 0 Å². The van der Waals surface area contributed by atoms with Crippen molar-refractivity contribution in [2.75, 3.05) is 24.7 Å². The highest BCUT2D eigenvalue weighted by molar-refractivity contribution is 6.06. The lowest BCUT2D eigenvalue weighted by molar-refractivity contribution is -0.155. The third kappa shape index (κ3) is 4.00. The SMILES string of the molecule is CC[C@H](C)[C@H](CO)N1C(=O)[C@@H]2[C@@H]3C(=O)OCCC/C=C\[C@@H]3O[C@@]23C=CCN(c2c(C)cccc2C)C(=O)C13. The number of aliphatic hydroxyl groups is 1. The predicted octanol–water partition coefficient (Wildman–Crippen LogP) is 3.09. The number of amides is 2. The molecule has 2 amide bonds. The van der Waals surface area contributed by atoms with E-state index < -0.39 is 41.6 Å². The lowest BCUT2D eigenvalue weighted by atomic mass is 9.78. The average Bonchev–Trinajstić information content (AvgIpc) is 3.30. The highest BCUT2D eigenvalue weighted by Crippen LogP contribution is 2.54. The number of carbonyl (C=O) groups is 3. The van der Waals surface area contributed by atoms with Crippen molar-refractivity contribution in [2.45, 2.75) is 70.7 Å². The molecule has 4 aliphatic rings. The van der Waals surface area contributed by atoms with Crippen LogP contribution in [0.5, 0.6) is 0 Å². The van der Waals surface area contributed by atoms with E-state index in [1.54, 1.807) is 4.90 Å². The average molecular weight is 523 g/mol. The van der Waals surface area contributed by atoms with E-state index in [9.17, 15) is 19.5 Å². The number of ether oxygens (including phenoxy) is 2. The molecule has 7 atom stereocenters. The van der Waals surface area contributed by atoms with Crippen LogP contribution in [0.2, 0.25) is 0 Å². The highest BCUT2D eigenvalue weighted by atomic mass is 16.6. The van der Waals surface area contributed by atoms with Crippen LogP contribution in [0.4, 0.5) is 5.69 Å². The van der Waals surface area contributed by atoms with Gasteiger partial charge in [0.15, 0.2) is 0 Å². The summed E-state index contributed by atoms with van der Waals surface area (Å²) in [6, 6.07) is 4.26. The number of carbonyl (C=O) groups excluding carboxylic acids is 3. The third-order valence-corrected chi connectivity index (χ3v) is 8.84. The van der Waals surface area contributed by atoms with Gasteiger partial charge in [-0.15, -0.1) is 0 Å². The number of esters is 1. The summed E-state index contributed by atoms with van der Waals surface area (Å²) in [4.78, 5) is 45.6. The number of anilines is 1. The first-order valence-electron chi connectivity index (χ1n) is 13.8. The monoisotopic (exact) mass is 522 g/mol. The molecule has 0 aliphatic carbocycles. The molecule has 0 saturated carbocycles. The third-order valence-electron chi connectivity index (χ3n) is 8.84. The summed E-state index contributed by atoms with van der Waals surface area (Å²) in [6.07, 6.45) is 8.99. The molecule has 204 valence electrons. The summed E-state index contributed by atoms with van der Waals surface area (Å²) < 4.78 is 12.3. The molecule has 2 fully saturated rings. The van der Waals surface area contributed by atoms with Crippen molar-refractivity contribution in [1.82, 2.24) is 4.90 Å². The summed E-state index contributed by atoms with van der Waals surface area (Å²) in [5.74, 6) is -2.95. The Morgan fingerprint density at radius 2 is 1.87 bits per heavy atom. The molecule has 1 aromatic rings. The van der Waals surface area contributed by atoms with Gasteiger partial charge < -0.3 is 24.4 Å². The number of aryl methyl sites for hydroxylation is 2. The van der Waals surface area contributed by atoms with Gasteiger partial charge in [-0.05, 0) is 43.7 Å². The van der Waals surface area contributed by atoms with E-state index in [4.69, 9.17) is 9.47 Å². The van der Waals surface area contributed by atoms with Gasteiger partial charge in [-0.25, -0.2) is 0 Å². The Balaban J connectivity index is 1.68. The van der Waals surface area contributed by atoms with Gasteiger partial charge in [0.1, 0.15) is 17.6 Å². The lowest BCUT2D eigenvalue weighted by Gasteiger charge is -2.40. The van der Waals surface area contributed by atoms with Gasteiger partial charge in [0.25, 0.3) is 5.91 Å².